The lowest BCUT2D eigenvalue weighted by Gasteiger charge is -2.33. The molecule has 19 heavy (non-hydrogen) atoms. The summed E-state index contributed by atoms with van der Waals surface area (Å²) in [7, 11) is 0. The van der Waals surface area contributed by atoms with Gasteiger partial charge >= 0.3 is 0 Å². The Morgan fingerprint density at radius 1 is 1.16 bits per heavy atom. The molecule has 110 valence electrons. The molecule has 1 saturated carbocycles. The van der Waals surface area contributed by atoms with Crippen molar-refractivity contribution in [1.82, 2.24) is 4.90 Å². The zero-order valence-corrected chi connectivity index (χ0v) is 12.6. The number of hydrogen-bond donors (Lipinski definition) is 1. The minimum absolute atomic E-state index is 0.166. The van der Waals surface area contributed by atoms with E-state index in [4.69, 9.17) is 5.73 Å². The van der Waals surface area contributed by atoms with E-state index in [1.165, 1.54) is 32.1 Å². The van der Waals surface area contributed by atoms with E-state index in [1.807, 2.05) is 0 Å². The summed E-state index contributed by atoms with van der Waals surface area (Å²) >= 11 is 0. The average Bonchev–Trinajstić information content (AvgIpc) is 2.62. The van der Waals surface area contributed by atoms with Crippen LogP contribution in [0.3, 0.4) is 0 Å². The van der Waals surface area contributed by atoms with Crippen LogP contribution in [0.4, 0.5) is 0 Å². The Hall–Kier alpha value is -0.570. The lowest BCUT2D eigenvalue weighted by molar-refractivity contribution is -0.137. The van der Waals surface area contributed by atoms with Crippen molar-refractivity contribution in [1.29, 1.82) is 0 Å². The smallest absolute Gasteiger partial charge is 0.225 e. The normalized spacial score (nSPS) is 34.7. The highest BCUT2D eigenvalue weighted by molar-refractivity contribution is 5.78. The monoisotopic (exact) mass is 266 g/mol. The minimum Gasteiger partial charge on any atom is -0.342 e. The molecule has 0 aromatic carbocycles. The first-order chi connectivity index (χ1) is 9.08. The van der Waals surface area contributed by atoms with Gasteiger partial charge in [0.1, 0.15) is 0 Å². The largest absolute Gasteiger partial charge is 0.342 e. The number of amides is 1. The third-order valence-electron chi connectivity index (χ3n) is 5.18. The van der Waals surface area contributed by atoms with Gasteiger partial charge in [0.05, 0.1) is 0 Å². The second kappa shape index (κ2) is 6.74. The van der Waals surface area contributed by atoms with Crippen LogP contribution in [0.15, 0.2) is 0 Å². The first-order valence-electron chi connectivity index (χ1n) is 8.12. The Balaban J connectivity index is 1.90. The molecule has 1 aliphatic heterocycles. The molecule has 0 radical (unpaired) electrons. The maximum absolute atomic E-state index is 12.6. The molecule has 1 amide bonds. The van der Waals surface area contributed by atoms with Crippen LogP contribution in [0.1, 0.15) is 58.8 Å². The summed E-state index contributed by atoms with van der Waals surface area (Å²) in [5.41, 5.74) is 6.06. The number of likely N-dealkylation sites (tertiary alicyclic amines) is 1. The van der Waals surface area contributed by atoms with E-state index in [9.17, 15) is 4.79 Å². The summed E-state index contributed by atoms with van der Waals surface area (Å²) in [6, 6.07) is 0.318. The van der Waals surface area contributed by atoms with E-state index < -0.39 is 0 Å². The average molecular weight is 266 g/mol. The highest BCUT2D eigenvalue weighted by Crippen LogP contribution is 2.31. The Bertz CT molecular complexity index is 305. The highest BCUT2D eigenvalue weighted by atomic mass is 16.2. The molecular weight excluding hydrogens is 236 g/mol. The fourth-order valence-corrected chi connectivity index (χ4v) is 3.69. The van der Waals surface area contributed by atoms with E-state index in [0.29, 0.717) is 17.9 Å². The number of nitrogens with two attached hydrogens (primary N) is 1. The molecule has 3 heteroatoms. The maximum Gasteiger partial charge on any atom is 0.225 e. The van der Waals surface area contributed by atoms with E-state index >= 15 is 0 Å². The molecule has 0 aromatic heterocycles. The lowest BCUT2D eigenvalue weighted by Crippen LogP contribution is -2.41. The first kappa shape index (κ1) is 14.8. The molecule has 2 rings (SSSR count). The molecule has 2 aliphatic rings. The molecular formula is C16H30N2O. The van der Waals surface area contributed by atoms with Gasteiger partial charge in [-0.15, -0.1) is 0 Å². The van der Waals surface area contributed by atoms with Crippen LogP contribution in [0.2, 0.25) is 0 Å². The van der Waals surface area contributed by atoms with Crippen LogP contribution in [0.25, 0.3) is 0 Å². The molecule has 0 bridgehead atoms. The van der Waals surface area contributed by atoms with Crippen molar-refractivity contribution in [2.24, 2.45) is 23.5 Å². The van der Waals surface area contributed by atoms with Crippen molar-refractivity contribution in [3.8, 4) is 0 Å². The summed E-state index contributed by atoms with van der Waals surface area (Å²) in [5.74, 6) is 1.83. The molecule has 4 atom stereocenters. The third-order valence-corrected chi connectivity index (χ3v) is 5.18. The van der Waals surface area contributed by atoms with Crippen LogP contribution in [0, 0.1) is 17.8 Å². The second-order valence-corrected chi connectivity index (χ2v) is 6.84. The Morgan fingerprint density at radius 2 is 1.95 bits per heavy atom. The van der Waals surface area contributed by atoms with Gasteiger partial charge in [0.25, 0.3) is 0 Å². The van der Waals surface area contributed by atoms with Gasteiger partial charge in [-0.25, -0.2) is 0 Å². The molecule has 0 aromatic rings. The van der Waals surface area contributed by atoms with Gasteiger partial charge in [-0.2, -0.15) is 0 Å². The highest BCUT2D eigenvalue weighted by Gasteiger charge is 2.31. The van der Waals surface area contributed by atoms with Crippen LogP contribution in [-0.2, 0) is 4.79 Å². The van der Waals surface area contributed by atoms with E-state index in [2.05, 4.69) is 18.7 Å². The van der Waals surface area contributed by atoms with Crippen LogP contribution in [-0.4, -0.2) is 29.9 Å². The van der Waals surface area contributed by atoms with Gasteiger partial charge in [0.2, 0.25) is 5.91 Å². The molecule has 4 unspecified atom stereocenters. The summed E-state index contributed by atoms with van der Waals surface area (Å²) in [4.78, 5) is 14.8. The quantitative estimate of drug-likeness (QED) is 0.835. The molecule has 2 N–H and O–H groups in total. The van der Waals surface area contributed by atoms with Gasteiger partial charge < -0.3 is 10.6 Å². The lowest BCUT2D eigenvalue weighted by atomic mass is 9.78. The number of carbonyl (C=O) groups excluding carboxylic acids is 1. The van der Waals surface area contributed by atoms with Gasteiger partial charge in [0, 0.05) is 25.0 Å². The standard InChI is InChI=1S/C16H30N2O/c1-12-5-4-9-18(10-8-12)16(19)13(2)14-6-3-7-15(17)11-14/h12-15H,3-11,17H2,1-2H3. The summed E-state index contributed by atoms with van der Waals surface area (Å²) in [6.07, 6.45) is 8.17. The number of nitrogens with zero attached hydrogens (tertiary/aromatic N) is 1. The molecule has 3 nitrogen and oxygen atoms in total. The van der Waals surface area contributed by atoms with Crippen LogP contribution < -0.4 is 5.73 Å². The molecule has 1 saturated heterocycles. The SMILES string of the molecule is CC1CCCN(C(=O)C(C)C2CCCC(N)C2)CC1. The van der Waals surface area contributed by atoms with E-state index in [0.717, 1.165) is 31.8 Å². The topological polar surface area (TPSA) is 46.3 Å². The third kappa shape index (κ3) is 3.95. The summed E-state index contributed by atoms with van der Waals surface area (Å²) in [5, 5.41) is 0. The predicted molar refractivity (Wildman–Crippen MR) is 78.7 cm³/mol. The maximum atomic E-state index is 12.6. The van der Waals surface area contributed by atoms with E-state index in [-0.39, 0.29) is 5.92 Å². The Kier molecular flexibility index (Phi) is 5.26. The fourth-order valence-electron chi connectivity index (χ4n) is 3.69. The number of hydrogen-bond acceptors (Lipinski definition) is 2. The van der Waals surface area contributed by atoms with Crippen molar-refractivity contribution < 1.29 is 4.79 Å². The van der Waals surface area contributed by atoms with E-state index in [1.54, 1.807) is 0 Å². The van der Waals surface area contributed by atoms with Gasteiger partial charge in [-0.1, -0.05) is 20.3 Å². The molecule has 1 aliphatic carbocycles. The van der Waals surface area contributed by atoms with Crippen LogP contribution in [0.5, 0.6) is 0 Å². The van der Waals surface area contributed by atoms with Crippen molar-refractivity contribution in [3.63, 3.8) is 0 Å². The second-order valence-electron chi connectivity index (χ2n) is 6.84. The molecule has 2 fully saturated rings. The molecule has 0 spiro atoms. The zero-order chi connectivity index (χ0) is 13.8. The summed E-state index contributed by atoms with van der Waals surface area (Å²) < 4.78 is 0. The molecule has 1 heterocycles. The first-order valence-corrected chi connectivity index (χ1v) is 8.12. The van der Waals surface area contributed by atoms with Crippen LogP contribution >= 0.6 is 0 Å². The fraction of sp³-hybridized carbons (Fsp3) is 0.938. The Morgan fingerprint density at radius 3 is 2.68 bits per heavy atom. The van der Waals surface area contributed by atoms with Crippen molar-refractivity contribution in [2.75, 3.05) is 13.1 Å². The van der Waals surface area contributed by atoms with Gasteiger partial charge in [-0.05, 0) is 50.4 Å². The van der Waals surface area contributed by atoms with Crippen molar-refractivity contribution in [3.05, 3.63) is 0 Å². The van der Waals surface area contributed by atoms with Gasteiger partial charge in [-0.3, -0.25) is 4.79 Å². The number of carbonyl (C=O) groups is 1. The zero-order valence-electron chi connectivity index (χ0n) is 12.6. The van der Waals surface area contributed by atoms with Crippen molar-refractivity contribution >= 4 is 5.91 Å². The van der Waals surface area contributed by atoms with Gasteiger partial charge in [0.15, 0.2) is 0 Å². The number of rotatable bonds is 2. The minimum atomic E-state index is 0.166. The van der Waals surface area contributed by atoms with Crippen molar-refractivity contribution in [2.45, 2.75) is 64.8 Å². The Labute approximate surface area is 117 Å². The predicted octanol–water partition coefficient (Wildman–Crippen LogP) is 2.79. The summed E-state index contributed by atoms with van der Waals surface area (Å²) in [6.45, 7) is 6.35.